The number of benzene rings is 1. The van der Waals surface area contributed by atoms with Crippen molar-refractivity contribution in [2.75, 3.05) is 13.2 Å². The smallest absolute Gasteiger partial charge is 0.340 e. The van der Waals surface area contributed by atoms with Gasteiger partial charge in [0.2, 0.25) is 0 Å². The van der Waals surface area contributed by atoms with Crippen LogP contribution >= 0.6 is 22.3 Å². The summed E-state index contributed by atoms with van der Waals surface area (Å²) in [6.07, 6.45) is -0.315. The number of carbonyl (C=O) groups excluding carboxylic acids is 1. The first-order chi connectivity index (χ1) is 8.38. The van der Waals surface area contributed by atoms with E-state index in [1.54, 1.807) is 0 Å². The third kappa shape index (κ3) is 2.95. The third-order valence-corrected chi connectivity index (χ3v) is 4.00. The van der Waals surface area contributed by atoms with Gasteiger partial charge in [-0.1, -0.05) is 11.6 Å². The van der Waals surface area contributed by atoms with E-state index in [2.05, 4.69) is 0 Å². The summed E-state index contributed by atoms with van der Waals surface area (Å²) in [7, 11) is 1.27. The van der Waals surface area contributed by atoms with E-state index in [-0.39, 0.29) is 21.6 Å². The number of hydrogen-bond acceptors (Lipinski definition) is 5. The molecule has 98 valence electrons. The van der Waals surface area contributed by atoms with Crippen LogP contribution < -0.4 is 0 Å². The van der Waals surface area contributed by atoms with Crippen molar-refractivity contribution in [1.29, 1.82) is 0 Å². The maximum Gasteiger partial charge on any atom is 0.340 e. The Morgan fingerprint density at radius 2 is 2.06 bits per heavy atom. The second-order valence-corrected chi connectivity index (χ2v) is 6.62. The van der Waals surface area contributed by atoms with Crippen LogP contribution in [0.2, 0.25) is 5.02 Å². The first kappa shape index (κ1) is 13.6. The van der Waals surface area contributed by atoms with Gasteiger partial charge in [-0.2, -0.15) is 0 Å². The Balaban J connectivity index is 2.28. The molecule has 0 saturated carbocycles. The fourth-order valence-corrected chi connectivity index (χ4v) is 2.28. The Bertz CT molecular complexity index is 580. The Labute approximate surface area is 113 Å². The highest BCUT2D eigenvalue weighted by atomic mass is 35.7. The van der Waals surface area contributed by atoms with Crippen LogP contribution in [0.1, 0.15) is 10.4 Å². The Kier molecular flexibility index (Phi) is 3.82. The van der Waals surface area contributed by atoms with Crippen molar-refractivity contribution in [3.8, 4) is 0 Å². The molecule has 2 rings (SSSR count). The van der Waals surface area contributed by atoms with E-state index >= 15 is 0 Å². The summed E-state index contributed by atoms with van der Waals surface area (Å²) in [5.74, 6) is -0.699. The molecule has 0 amide bonds. The lowest BCUT2D eigenvalue weighted by molar-refractivity contribution is -0.103. The van der Waals surface area contributed by atoms with Crippen LogP contribution in [0.4, 0.5) is 0 Å². The van der Waals surface area contributed by atoms with Gasteiger partial charge in [0.25, 0.3) is 9.05 Å². The molecule has 0 spiro atoms. The molecule has 0 N–H and O–H groups in total. The van der Waals surface area contributed by atoms with Gasteiger partial charge in [0.15, 0.2) is 0 Å². The van der Waals surface area contributed by atoms with Crippen molar-refractivity contribution in [3.05, 3.63) is 28.8 Å². The summed E-state index contributed by atoms with van der Waals surface area (Å²) in [6.45, 7) is 0.660. The second-order valence-electron chi connectivity index (χ2n) is 3.64. The fraction of sp³-hybridized carbons (Fsp3) is 0.300. The highest BCUT2D eigenvalue weighted by Gasteiger charge is 2.25. The molecule has 5 nitrogen and oxygen atoms in total. The van der Waals surface area contributed by atoms with Crippen molar-refractivity contribution in [1.82, 2.24) is 0 Å². The molecule has 0 bridgehead atoms. The van der Waals surface area contributed by atoms with Gasteiger partial charge < -0.3 is 9.47 Å². The van der Waals surface area contributed by atoms with Gasteiger partial charge in [0.05, 0.1) is 28.7 Å². The zero-order chi connectivity index (χ0) is 13.3. The maximum atomic E-state index is 11.7. The molecule has 18 heavy (non-hydrogen) atoms. The number of rotatable bonds is 3. The van der Waals surface area contributed by atoms with Crippen LogP contribution in [0.5, 0.6) is 0 Å². The Morgan fingerprint density at radius 1 is 1.39 bits per heavy atom. The van der Waals surface area contributed by atoms with Gasteiger partial charge >= 0.3 is 5.97 Å². The number of carbonyl (C=O) groups is 1. The van der Waals surface area contributed by atoms with Crippen molar-refractivity contribution in [2.45, 2.75) is 11.0 Å². The van der Waals surface area contributed by atoms with Crippen LogP contribution in [-0.4, -0.2) is 33.7 Å². The SMILES string of the molecule is O=C(OC1COC1)c1cc(S(=O)(=O)Cl)ccc1Cl. The van der Waals surface area contributed by atoms with Crippen molar-refractivity contribution in [3.63, 3.8) is 0 Å². The van der Waals surface area contributed by atoms with Gasteiger partial charge in [0, 0.05) is 10.7 Å². The molecule has 1 aliphatic rings. The summed E-state index contributed by atoms with van der Waals surface area (Å²) in [6, 6.07) is 3.59. The molecule has 1 aliphatic heterocycles. The number of ether oxygens (including phenoxy) is 2. The van der Waals surface area contributed by atoms with Crippen molar-refractivity contribution < 1.29 is 22.7 Å². The molecule has 1 heterocycles. The monoisotopic (exact) mass is 310 g/mol. The summed E-state index contributed by atoms with van der Waals surface area (Å²) in [5, 5.41) is 0.101. The lowest BCUT2D eigenvalue weighted by atomic mass is 10.2. The predicted molar refractivity (Wildman–Crippen MR) is 64.5 cm³/mol. The van der Waals surface area contributed by atoms with E-state index in [4.69, 9.17) is 31.8 Å². The van der Waals surface area contributed by atoms with Gasteiger partial charge in [-0.25, -0.2) is 13.2 Å². The summed E-state index contributed by atoms with van der Waals surface area (Å²) in [4.78, 5) is 11.5. The van der Waals surface area contributed by atoms with E-state index in [9.17, 15) is 13.2 Å². The summed E-state index contributed by atoms with van der Waals surface area (Å²) in [5.41, 5.74) is -0.0368. The number of halogens is 2. The highest BCUT2D eigenvalue weighted by Crippen LogP contribution is 2.24. The molecule has 1 saturated heterocycles. The minimum atomic E-state index is -3.91. The van der Waals surface area contributed by atoms with E-state index in [1.165, 1.54) is 12.1 Å². The summed E-state index contributed by atoms with van der Waals surface area (Å²) >= 11 is 5.82. The Hall–Kier alpha value is -0.820. The Morgan fingerprint density at radius 3 is 2.56 bits per heavy atom. The van der Waals surface area contributed by atoms with E-state index in [0.717, 1.165) is 6.07 Å². The molecular formula is C10H8Cl2O5S. The topological polar surface area (TPSA) is 69.7 Å². The zero-order valence-electron chi connectivity index (χ0n) is 8.93. The molecule has 0 aromatic heterocycles. The van der Waals surface area contributed by atoms with Gasteiger partial charge in [-0.05, 0) is 18.2 Å². The van der Waals surface area contributed by atoms with Gasteiger partial charge in [-0.15, -0.1) is 0 Å². The average Bonchev–Trinajstić information content (AvgIpc) is 2.22. The minimum Gasteiger partial charge on any atom is -0.454 e. The molecule has 0 radical (unpaired) electrons. The highest BCUT2D eigenvalue weighted by molar-refractivity contribution is 8.13. The quantitative estimate of drug-likeness (QED) is 0.629. The molecule has 0 aliphatic carbocycles. The molecule has 0 unspecified atom stereocenters. The number of hydrogen-bond donors (Lipinski definition) is 0. The van der Waals surface area contributed by atoms with Crippen LogP contribution in [0.3, 0.4) is 0 Å². The predicted octanol–water partition coefficient (Wildman–Crippen LogP) is 1.82. The van der Waals surface area contributed by atoms with Crippen LogP contribution in [0, 0.1) is 0 Å². The molecule has 8 heteroatoms. The zero-order valence-corrected chi connectivity index (χ0v) is 11.3. The van der Waals surface area contributed by atoms with E-state index in [0.29, 0.717) is 13.2 Å². The molecular weight excluding hydrogens is 303 g/mol. The summed E-state index contributed by atoms with van der Waals surface area (Å²) < 4.78 is 32.2. The molecule has 1 aromatic carbocycles. The fourth-order valence-electron chi connectivity index (χ4n) is 1.31. The molecule has 0 atom stereocenters. The maximum absolute atomic E-state index is 11.7. The first-order valence-corrected chi connectivity index (χ1v) is 7.59. The second kappa shape index (κ2) is 5.05. The minimum absolute atomic E-state index is 0.0368. The largest absolute Gasteiger partial charge is 0.454 e. The number of esters is 1. The van der Waals surface area contributed by atoms with Crippen molar-refractivity contribution >= 4 is 37.3 Å². The van der Waals surface area contributed by atoms with E-state index < -0.39 is 15.0 Å². The lowest BCUT2D eigenvalue weighted by Crippen LogP contribution is -2.37. The lowest BCUT2D eigenvalue weighted by Gasteiger charge is -2.25. The van der Waals surface area contributed by atoms with Gasteiger partial charge in [0.1, 0.15) is 6.10 Å². The van der Waals surface area contributed by atoms with Crippen LogP contribution in [0.25, 0.3) is 0 Å². The average molecular weight is 311 g/mol. The van der Waals surface area contributed by atoms with Crippen LogP contribution in [0.15, 0.2) is 23.1 Å². The molecule has 1 fully saturated rings. The normalized spacial score (nSPS) is 16.1. The standard InChI is InChI=1S/C10H8Cl2O5S/c11-9-2-1-7(18(12,14)15)3-8(9)10(13)17-6-4-16-5-6/h1-3,6H,4-5H2. The first-order valence-electron chi connectivity index (χ1n) is 4.91. The van der Waals surface area contributed by atoms with Crippen molar-refractivity contribution in [2.24, 2.45) is 0 Å². The van der Waals surface area contributed by atoms with E-state index in [1.807, 2.05) is 0 Å². The molecule has 1 aromatic rings. The van der Waals surface area contributed by atoms with Crippen LogP contribution in [-0.2, 0) is 18.5 Å². The van der Waals surface area contributed by atoms with Gasteiger partial charge in [-0.3, -0.25) is 0 Å². The third-order valence-electron chi connectivity index (χ3n) is 2.32.